The molecule has 0 saturated heterocycles. The highest BCUT2D eigenvalue weighted by atomic mass is 31.2. The lowest BCUT2D eigenvalue weighted by atomic mass is 10.2. The van der Waals surface area contributed by atoms with Gasteiger partial charge in [-0.1, -0.05) is 103 Å². The fourth-order valence-corrected chi connectivity index (χ4v) is 5.85. The van der Waals surface area contributed by atoms with E-state index in [1.54, 1.807) is 0 Å². The van der Waals surface area contributed by atoms with Crippen LogP contribution in [0.25, 0.3) is 5.31 Å². The van der Waals surface area contributed by atoms with Gasteiger partial charge >= 0.3 is 0 Å². The van der Waals surface area contributed by atoms with Gasteiger partial charge in [-0.15, -0.1) is 0 Å². The smallest absolute Gasteiger partial charge is 0.171 e. The molecule has 0 radical (unpaired) electrons. The third kappa shape index (κ3) is 3.57. The molecule has 0 saturated carbocycles. The molecule has 0 fully saturated rings. The molecule has 3 rings (SSSR count). The first kappa shape index (κ1) is 17.2. The molecule has 124 valence electrons. The van der Waals surface area contributed by atoms with Crippen LogP contribution in [0.3, 0.4) is 0 Å². The van der Waals surface area contributed by atoms with Gasteiger partial charge in [0.2, 0.25) is 0 Å². The fraction of sp³-hybridized carbons (Fsp3) is 0.0435. The molecule has 0 unspecified atom stereocenters. The Kier molecular flexibility index (Phi) is 5.16. The highest BCUT2D eigenvalue weighted by Gasteiger charge is 2.32. The summed E-state index contributed by atoms with van der Waals surface area (Å²) in [5.74, 6) is 0. The maximum Gasteiger partial charge on any atom is 0.171 e. The van der Waals surface area contributed by atoms with E-state index in [4.69, 9.17) is 0 Å². The quantitative estimate of drug-likeness (QED) is 0.434. The minimum Gasteiger partial charge on any atom is -0.309 e. The van der Waals surface area contributed by atoms with Gasteiger partial charge in [0.1, 0.15) is 0 Å². The minimum atomic E-state index is -3.01. The summed E-state index contributed by atoms with van der Waals surface area (Å²) in [5.41, 5.74) is 1.84. The Labute approximate surface area is 149 Å². The van der Waals surface area contributed by atoms with Crippen LogP contribution < -0.4 is 10.6 Å². The van der Waals surface area contributed by atoms with Crippen LogP contribution in [0.1, 0.15) is 12.5 Å². The van der Waals surface area contributed by atoms with Crippen LogP contribution in [0.15, 0.2) is 109 Å². The van der Waals surface area contributed by atoms with Gasteiger partial charge in [-0.05, 0) is 18.6 Å². The number of allylic oxidation sites excluding steroid dienone is 2. The standard InChI is InChI=1S/C23H21OP/c1-19(2)18-23(20-12-6-3-7-13-20)25(24,21-14-8-4-9-15-21)22-16-10-5-11-17-22/h3-18H,1H2,2H3/b23-18+. The number of rotatable bonds is 5. The van der Waals surface area contributed by atoms with Crippen molar-refractivity contribution in [3.05, 3.63) is 115 Å². The number of hydrogen-bond acceptors (Lipinski definition) is 1. The number of benzene rings is 3. The molecule has 0 aliphatic carbocycles. The molecule has 0 aliphatic heterocycles. The van der Waals surface area contributed by atoms with Crippen molar-refractivity contribution in [2.75, 3.05) is 0 Å². The monoisotopic (exact) mass is 344 g/mol. The van der Waals surface area contributed by atoms with E-state index in [0.29, 0.717) is 0 Å². The average molecular weight is 344 g/mol. The summed E-state index contributed by atoms with van der Waals surface area (Å²) in [5, 5.41) is 2.48. The molecule has 3 aromatic rings. The Bertz CT molecular complexity index is 882. The maximum absolute atomic E-state index is 14.5. The van der Waals surface area contributed by atoms with Crippen LogP contribution in [-0.2, 0) is 4.57 Å². The van der Waals surface area contributed by atoms with E-state index in [9.17, 15) is 4.57 Å². The molecule has 0 N–H and O–H groups in total. The van der Waals surface area contributed by atoms with Crippen molar-refractivity contribution in [3.63, 3.8) is 0 Å². The summed E-state index contributed by atoms with van der Waals surface area (Å²) < 4.78 is 14.5. The molecule has 0 aromatic heterocycles. The van der Waals surface area contributed by atoms with Crippen molar-refractivity contribution in [2.24, 2.45) is 0 Å². The van der Waals surface area contributed by atoms with Gasteiger partial charge in [0.15, 0.2) is 7.14 Å². The SMILES string of the molecule is C=C(C)/C=C(\c1ccccc1)P(=O)(c1ccccc1)c1ccccc1. The summed E-state index contributed by atoms with van der Waals surface area (Å²) in [6.45, 7) is 5.96. The van der Waals surface area contributed by atoms with E-state index in [-0.39, 0.29) is 0 Å². The second-order valence-electron chi connectivity index (χ2n) is 6.02. The molecule has 0 amide bonds. The van der Waals surface area contributed by atoms with Crippen molar-refractivity contribution in [1.29, 1.82) is 0 Å². The predicted molar refractivity (Wildman–Crippen MR) is 109 cm³/mol. The van der Waals surface area contributed by atoms with E-state index in [2.05, 4.69) is 6.58 Å². The molecule has 2 heteroatoms. The van der Waals surface area contributed by atoms with Crippen LogP contribution in [0.4, 0.5) is 0 Å². The second-order valence-corrected chi connectivity index (χ2v) is 8.76. The van der Waals surface area contributed by atoms with Crippen LogP contribution in [0.2, 0.25) is 0 Å². The van der Waals surface area contributed by atoms with Crippen molar-refractivity contribution in [2.45, 2.75) is 6.92 Å². The zero-order valence-corrected chi connectivity index (χ0v) is 15.2. The van der Waals surface area contributed by atoms with E-state index in [0.717, 1.165) is 27.1 Å². The normalized spacial score (nSPS) is 12.0. The zero-order valence-electron chi connectivity index (χ0n) is 14.3. The first-order valence-electron chi connectivity index (χ1n) is 8.27. The topological polar surface area (TPSA) is 17.1 Å². The lowest BCUT2D eigenvalue weighted by molar-refractivity contribution is 0.593. The van der Waals surface area contributed by atoms with Crippen molar-refractivity contribution in [3.8, 4) is 0 Å². The molecule has 0 heterocycles. The highest BCUT2D eigenvalue weighted by molar-refractivity contribution is 7.87. The Morgan fingerprint density at radius 3 is 1.56 bits per heavy atom. The van der Waals surface area contributed by atoms with Crippen LogP contribution >= 0.6 is 7.14 Å². The fourth-order valence-electron chi connectivity index (χ4n) is 2.90. The molecule has 0 atom stereocenters. The lowest BCUT2D eigenvalue weighted by Crippen LogP contribution is -2.17. The minimum absolute atomic E-state index is 0.818. The van der Waals surface area contributed by atoms with E-state index in [1.807, 2.05) is 104 Å². The van der Waals surface area contributed by atoms with E-state index in [1.165, 1.54) is 0 Å². The molecule has 1 nitrogen and oxygen atoms in total. The van der Waals surface area contributed by atoms with Gasteiger partial charge in [-0.25, -0.2) is 0 Å². The Morgan fingerprint density at radius 1 is 0.760 bits per heavy atom. The average Bonchev–Trinajstić information content (AvgIpc) is 2.67. The van der Waals surface area contributed by atoms with Gasteiger partial charge in [-0.3, -0.25) is 0 Å². The Balaban J connectivity index is 2.33. The van der Waals surface area contributed by atoms with Crippen LogP contribution in [-0.4, -0.2) is 0 Å². The van der Waals surface area contributed by atoms with Gasteiger partial charge in [0.05, 0.1) is 0 Å². The maximum atomic E-state index is 14.5. The Hall–Kier alpha value is -2.63. The molecular weight excluding hydrogens is 323 g/mol. The second kappa shape index (κ2) is 7.51. The first-order chi connectivity index (χ1) is 12.1. The third-order valence-electron chi connectivity index (χ3n) is 4.03. The molecule has 0 spiro atoms. The molecular formula is C23H21OP. The molecule has 0 aliphatic rings. The third-order valence-corrected chi connectivity index (χ3v) is 7.15. The summed E-state index contributed by atoms with van der Waals surface area (Å²) in [6.07, 6.45) is 1.95. The van der Waals surface area contributed by atoms with Crippen LogP contribution in [0.5, 0.6) is 0 Å². The predicted octanol–water partition coefficient (Wildman–Crippen LogP) is 5.62. The largest absolute Gasteiger partial charge is 0.309 e. The molecule has 3 aromatic carbocycles. The summed E-state index contributed by atoms with van der Waals surface area (Å²) in [4.78, 5) is 0. The summed E-state index contributed by atoms with van der Waals surface area (Å²) in [6, 6.07) is 29.4. The highest BCUT2D eigenvalue weighted by Crippen LogP contribution is 2.56. The van der Waals surface area contributed by atoms with Crippen molar-refractivity contribution < 1.29 is 4.57 Å². The summed E-state index contributed by atoms with van der Waals surface area (Å²) >= 11 is 0. The van der Waals surface area contributed by atoms with E-state index < -0.39 is 7.14 Å². The van der Waals surface area contributed by atoms with Gasteiger partial charge in [0, 0.05) is 15.9 Å². The summed E-state index contributed by atoms with van der Waals surface area (Å²) in [7, 11) is -3.01. The van der Waals surface area contributed by atoms with Gasteiger partial charge in [-0.2, -0.15) is 0 Å². The van der Waals surface area contributed by atoms with Crippen LogP contribution in [0, 0.1) is 0 Å². The first-order valence-corrected chi connectivity index (χ1v) is 9.97. The zero-order chi connectivity index (χ0) is 17.7. The van der Waals surface area contributed by atoms with Gasteiger partial charge in [0.25, 0.3) is 0 Å². The van der Waals surface area contributed by atoms with E-state index >= 15 is 0 Å². The lowest BCUT2D eigenvalue weighted by Gasteiger charge is -2.23. The Morgan fingerprint density at radius 2 is 1.16 bits per heavy atom. The van der Waals surface area contributed by atoms with Gasteiger partial charge < -0.3 is 4.57 Å². The van der Waals surface area contributed by atoms with Crippen molar-refractivity contribution in [1.82, 2.24) is 0 Å². The molecule has 0 bridgehead atoms. The molecule has 25 heavy (non-hydrogen) atoms. The van der Waals surface area contributed by atoms with Crippen molar-refractivity contribution >= 4 is 23.1 Å². The number of hydrogen-bond donors (Lipinski definition) is 0.